The lowest BCUT2D eigenvalue weighted by molar-refractivity contribution is -0.403. The van der Waals surface area contributed by atoms with Crippen molar-refractivity contribution in [3.8, 4) is 0 Å². The smallest absolute Gasteiger partial charge is 0.397 e. The van der Waals surface area contributed by atoms with Crippen LogP contribution in [0.4, 0.5) is 0 Å². The Hall–Kier alpha value is -2.28. The highest BCUT2D eigenvalue weighted by atomic mass is 32.3. The number of carbonyl (C=O) groups excluding carboxylic acids is 1. The van der Waals surface area contributed by atoms with Crippen molar-refractivity contribution in [1.29, 1.82) is 0 Å². The number of fused-ring (bicyclic) bond motifs is 5. The van der Waals surface area contributed by atoms with Crippen LogP contribution >= 0.6 is 0 Å². The minimum absolute atomic E-state index is 0.0527. The van der Waals surface area contributed by atoms with E-state index in [-0.39, 0.29) is 28.6 Å². The Balaban J connectivity index is 0.987. The lowest BCUT2D eigenvalue weighted by atomic mass is 9.41. The molecule has 0 radical (unpaired) electrons. The minimum atomic E-state index is -5.33. The largest absolute Gasteiger partial charge is 0.459 e. The van der Waals surface area contributed by atoms with Crippen LogP contribution in [0.3, 0.4) is 0 Å². The molecule has 13 N–H and O–H groups in total. The second kappa shape index (κ2) is 30.5. The number of carbonyl (C=O) groups is 1. The van der Waals surface area contributed by atoms with Gasteiger partial charge in [0.1, 0.15) is 115 Å². The normalized spacial score (nSPS) is 46.0. The predicted molar refractivity (Wildman–Crippen MR) is 331 cm³/mol. The van der Waals surface area contributed by atoms with Crippen molar-refractivity contribution >= 4 is 37.2 Å². The third-order valence-electron chi connectivity index (χ3n) is 22.8. The Kier molecular flexibility index (Phi) is 24.9. The quantitative estimate of drug-likeness (QED) is 0.0228. The van der Waals surface area contributed by atoms with E-state index in [2.05, 4.69) is 49.1 Å². The minimum Gasteiger partial charge on any atom is -0.459 e. The molecule has 5 heterocycles. The van der Waals surface area contributed by atoms with Crippen molar-refractivity contribution in [2.45, 2.75) is 280 Å². The Morgan fingerprint density at radius 1 is 0.616 bits per heavy atom. The van der Waals surface area contributed by atoms with Gasteiger partial charge in [0, 0.05) is 20.5 Å². The number of methoxy groups -OCH3 is 1. The molecule has 572 valence electrons. The second-order valence-electron chi connectivity index (χ2n) is 29.5. The van der Waals surface area contributed by atoms with Crippen molar-refractivity contribution in [1.82, 2.24) is 0 Å². The fourth-order valence-electron chi connectivity index (χ4n) is 17.5. The van der Waals surface area contributed by atoms with Crippen molar-refractivity contribution in [3.63, 3.8) is 0 Å². The molecule has 32 atom stereocenters. The highest BCUT2D eigenvalue weighted by Crippen LogP contribution is 2.74. The predicted octanol–water partition coefficient (Wildman–Crippen LogP) is -1.45. The first-order chi connectivity index (χ1) is 45.8. The van der Waals surface area contributed by atoms with Gasteiger partial charge < -0.3 is 108 Å². The number of hydrogen-bond donors (Lipinski definition) is 13. The van der Waals surface area contributed by atoms with Gasteiger partial charge >= 0.3 is 37.2 Å². The van der Waals surface area contributed by atoms with Gasteiger partial charge in [0.25, 0.3) is 0 Å². The van der Waals surface area contributed by atoms with E-state index in [9.17, 15) is 94.8 Å². The first-order valence-corrected chi connectivity index (χ1v) is 37.1. The van der Waals surface area contributed by atoms with Gasteiger partial charge in [-0.3, -0.25) is 18.5 Å². The number of rotatable bonds is 24. The van der Waals surface area contributed by atoms with Gasteiger partial charge in [-0.25, -0.2) is 12.5 Å². The number of allylic oxidation sites excluding steroid dienone is 3. The summed E-state index contributed by atoms with van der Waals surface area (Å²) < 4.78 is 186. The Morgan fingerprint density at radius 2 is 1.17 bits per heavy atom. The summed E-state index contributed by atoms with van der Waals surface area (Å²) in [5.74, 6) is -0.635. The highest BCUT2D eigenvalue weighted by Gasteiger charge is 2.69. The molecule has 99 heavy (non-hydrogen) atoms. The van der Waals surface area contributed by atoms with Gasteiger partial charge in [-0.05, 0) is 112 Å². The van der Waals surface area contributed by atoms with Gasteiger partial charge in [-0.15, -0.1) is 0 Å². The molecule has 9 aliphatic rings. The molecular weight excluding hydrogens is 1390 g/mol. The van der Waals surface area contributed by atoms with E-state index in [1.165, 1.54) is 19.4 Å². The number of aliphatic hydroxyl groups excluding tert-OH is 9. The average Bonchev–Trinajstić information content (AvgIpc) is 1.64. The average molecular weight is 1490 g/mol. The molecule has 5 aliphatic heterocycles. The van der Waals surface area contributed by atoms with Crippen LogP contribution in [-0.4, -0.2) is 289 Å². The van der Waals surface area contributed by atoms with Crippen LogP contribution < -0.4 is 0 Å². The molecule has 8 fully saturated rings. The molecule has 0 amide bonds. The van der Waals surface area contributed by atoms with E-state index < -0.39 is 234 Å². The molecule has 38 heteroatoms. The summed E-state index contributed by atoms with van der Waals surface area (Å²) in [6.45, 7) is 15.5. The molecule has 35 nitrogen and oxygen atoms in total. The van der Waals surface area contributed by atoms with Crippen LogP contribution in [0.5, 0.6) is 0 Å². The van der Waals surface area contributed by atoms with E-state index in [0.717, 1.165) is 31.9 Å². The molecule has 3 saturated carbocycles. The van der Waals surface area contributed by atoms with E-state index >= 15 is 0 Å². The Labute approximate surface area is 575 Å². The van der Waals surface area contributed by atoms with Crippen molar-refractivity contribution < 1.29 is 164 Å². The molecule has 0 spiro atoms. The van der Waals surface area contributed by atoms with Crippen LogP contribution in [0.25, 0.3) is 0 Å². The maximum absolute atomic E-state index is 12.6. The van der Waals surface area contributed by atoms with Gasteiger partial charge in [0.2, 0.25) is 0 Å². The van der Waals surface area contributed by atoms with Gasteiger partial charge in [-0.1, -0.05) is 57.9 Å². The summed E-state index contributed by atoms with van der Waals surface area (Å²) in [4.78, 5) is 12.5. The van der Waals surface area contributed by atoms with Crippen LogP contribution in [-0.2, 0) is 105 Å². The summed E-state index contributed by atoms with van der Waals surface area (Å²) in [6.07, 6.45) is -37.8. The molecule has 4 unspecified atom stereocenters. The fourth-order valence-corrected chi connectivity index (χ4v) is 18.6. The maximum atomic E-state index is 12.6. The topological polar surface area (TPSA) is 521 Å². The van der Waals surface area contributed by atoms with Crippen molar-refractivity contribution in [3.05, 3.63) is 23.3 Å². The molecule has 0 bridgehead atoms. The molecular formula is C61H100O35S3. The lowest BCUT2D eigenvalue weighted by Gasteiger charge is -2.65. The van der Waals surface area contributed by atoms with E-state index in [0.29, 0.717) is 32.1 Å². The van der Waals surface area contributed by atoms with Crippen molar-refractivity contribution in [2.75, 3.05) is 33.5 Å². The SMILES string of the molecule is CO[C@@H]1[C@@H](O)[C@H](O[C@@H]2[C@@H](O)[C@H](O[C@H]3[C@H](O)[C@@H](O[C@@H]4OC[C@@H](O)[C@H](O)[C@H]4O)[C@H](O[C@H]4[C@H](OC5CC[C@]6(C)C7=CC[C@]8(C)C([C@@](C)(O)[C@@H](CC=C(C)C)OC(C)=O)CC[C@@]8(C)C7CCC6C5(C)C)OC[C@@H](OS(=O)(=O)O)[C@@H]4O)O[C@@H]3C)O[C@H](COS(=O)(=O)O)[C@H]2O)O[C@H](COS(=O)(=O)O)[C@H]1O. The summed E-state index contributed by atoms with van der Waals surface area (Å²) in [6, 6.07) is 0. The van der Waals surface area contributed by atoms with Crippen LogP contribution in [0, 0.1) is 39.4 Å². The van der Waals surface area contributed by atoms with E-state index in [1.807, 2.05) is 19.9 Å². The van der Waals surface area contributed by atoms with Gasteiger partial charge in [0.05, 0.1) is 38.6 Å². The first-order valence-electron chi connectivity index (χ1n) is 33.0. The second-order valence-corrected chi connectivity index (χ2v) is 32.7. The van der Waals surface area contributed by atoms with E-state index in [1.54, 1.807) is 6.92 Å². The zero-order valence-corrected chi connectivity index (χ0v) is 59.3. The summed E-state index contributed by atoms with van der Waals surface area (Å²) in [7, 11) is -14.8. The number of hydrogen-bond acceptors (Lipinski definition) is 32. The van der Waals surface area contributed by atoms with Crippen LogP contribution in [0.15, 0.2) is 23.3 Å². The lowest BCUT2D eigenvalue weighted by Crippen LogP contribution is -2.68. The van der Waals surface area contributed by atoms with Crippen molar-refractivity contribution in [2.24, 2.45) is 39.4 Å². The van der Waals surface area contributed by atoms with E-state index in [4.69, 9.17) is 61.0 Å². The molecule has 0 aromatic carbocycles. The highest BCUT2D eigenvalue weighted by molar-refractivity contribution is 7.81. The molecule has 5 saturated heterocycles. The molecule has 4 aliphatic carbocycles. The summed E-state index contributed by atoms with van der Waals surface area (Å²) in [5, 5.41) is 115. The molecule has 0 aromatic heterocycles. The maximum Gasteiger partial charge on any atom is 0.397 e. The third-order valence-corrected chi connectivity index (χ3v) is 24.2. The molecule has 9 rings (SSSR count). The summed E-state index contributed by atoms with van der Waals surface area (Å²) in [5.41, 5.74) is -0.796. The third kappa shape index (κ3) is 16.8. The number of ether oxygens (including phenoxy) is 12. The number of esters is 1. The molecule has 0 aromatic rings. The van der Waals surface area contributed by atoms with Crippen LogP contribution in [0.2, 0.25) is 0 Å². The van der Waals surface area contributed by atoms with Crippen LogP contribution in [0.1, 0.15) is 121 Å². The standard InChI is InChI=1S/C61H100O35S3/c1-26(2)12-15-38(88-28(4)62)61(10,72)36-17-21-59(8)30-13-14-35-57(5,6)37(18-19-58(35,7)29(30)16-20-60(36,59)9)91-55-50(42(67)34(23-84-55)96-99(79,80)81)95-56-51(94-52-43(68)39(64)31(63)22-83-52)44(69)47(27(3)87-56)92-54-46(71)49(41(66)33(90-54)25-86-98(76,77)78)93-53-45(70)48(82-11)40(65)32(89-53)24-85-97(73,74)75/h12,16,27,30-56,63-72H,13-15,17-25H2,1-11H3,(H,73,74,75)(H,76,77,78)(H,79,80,81)/t27-,30?,31-,32-,33-,34-,35?,36?,37?,38-,39+,40-,41-,42+,43-,44+,45-,46-,47-,48+,49+,50-,51-,52+,53+,54+,55+,56+,58-,59+,60-,61-/m1/s1. The monoisotopic (exact) mass is 1490 g/mol. The zero-order valence-electron chi connectivity index (χ0n) is 56.8. The van der Waals surface area contributed by atoms with Gasteiger partial charge in [-0.2, -0.15) is 25.3 Å². The summed E-state index contributed by atoms with van der Waals surface area (Å²) >= 11 is 0. The first kappa shape index (κ1) is 80.8. The Morgan fingerprint density at radius 3 is 1.75 bits per heavy atom. The van der Waals surface area contributed by atoms with Gasteiger partial charge in [0.15, 0.2) is 31.5 Å². The number of aliphatic hydroxyl groups is 10. The fraction of sp³-hybridized carbons (Fsp3) is 0.918. The zero-order chi connectivity index (χ0) is 73.4. The Bertz CT molecular complexity index is 3210.